The van der Waals surface area contributed by atoms with Gasteiger partial charge in [-0.1, -0.05) is 5.16 Å². The fraction of sp³-hybridized carbons (Fsp3) is 0.167. The highest BCUT2D eigenvalue weighted by molar-refractivity contribution is 7.13. The third-order valence-electron chi connectivity index (χ3n) is 1.09. The summed E-state index contributed by atoms with van der Waals surface area (Å²) in [5.74, 6) is 0. The van der Waals surface area contributed by atoms with Gasteiger partial charge in [0.2, 0.25) is 0 Å². The van der Waals surface area contributed by atoms with E-state index < -0.39 is 0 Å². The molecular formula is C6H8ClN3O2S. The first-order chi connectivity index (χ1) is 5.77. The highest BCUT2D eigenvalue weighted by atomic mass is 35.5. The summed E-state index contributed by atoms with van der Waals surface area (Å²) in [4.78, 5) is 18.7. The second kappa shape index (κ2) is 5.50. The van der Waals surface area contributed by atoms with Crippen molar-refractivity contribution in [2.24, 2.45) is 5.16 Å². The predicted octanol–water partition coefficient (Wildman–Crippen LogP) is 0.697. The summed E-state index contributed by atoms with van der Waals surface area (Å²) in [5.41, 5.74) is 5.95. The maximum atomic E-state index is 10.4. The SMILES string of the molecule is CO/N=C(\C=O)c1csc(N)n1.Cl. The Bertz CT molecular complexity index is 313. The number of anilines is 1. The van der Waals surface area contributed by atoms with Crippen molar-refractivity contribution >= 4 is 40.9 Å². The molecule has 1 aromatic rings. The summed E-state index contributed by atoms with van der Waals surface area (Å²) in [6, 6.07) is 0. The molecule has 0 bridgehead atoms. The van der Waals surface area contributed by atoms with Gasteiger partial charge in [-0.3, -0.25) is 4.79 Å². The van der Waals surface area contributed by atoms with Crippen LogP contribution in [0.1, 0.15) is 5.69 Å². The minimum Gasteiger partial charge on any atom is -0.398 e. The number of aromatic nitrogens is 1. The van der Waals surface area contributed by atoms with Gasteiger partial charge in [-0.2, -0.15) is 0 Å². The monoisotopic (exact) mass is 221 g/mol. The molecule has 0 fully saturated rings. The number of nitrogens with two attached hydrogens (primary N) is 1. The van der Waals surface area contributed by atoms with Gasteiger partial charge < -0.3 is 10.6 Å². The van der Waals surface area contributed by atoms with Gasteiger partial charge in [0.05, 0.1) is 0 Å². The number of hydrogen-bond acceptors (Lipinski definition) is 6. The number of nitrogen functional groups attached to an aromatic ring is 1. The van der Waals surface area contributed by atoms with Crippen LogP contribution in [0.15, 0.2) is 10.5 Å². The number of rotatable bonds is 3. The second-order valence-corrected chi connectivity index (χ2v) is 2.74. The molecule has 13 heavy (non-hydrogen) atoms. The summed E-state index contributed by atoms with van der Waals surface area (Å²) in [6.07, 6.45) is 0.567. The Hall–Kier alpha value is -1.14. The van der Waals surface area contributed by atoms with Crippen LogP contribution in [0, 0.1) is 0 Å². The fourth-order valence-corrected chi connectivity index (χ4v) is 1.19. The molecule has 2 N–H and O–H groups in total. The Labute approximate surface area is 85.0 Å². The number of aldehydes is 1. The number of halogens is 1. The Morgan fingerprint density at radius 2 is 2.54 bits per heavy atom. The van der Waals surface area contributed by atoms with Gasteiger partial charge in [0, 0.05) is 5.38 Å². The molecule has 1 heterocycles. The lowest BCUT2D eigenvalue weighted by Gasteiger charge is -1.90. The average Bonchev–Trinajstić information content (AvgIpc) is 2.47. The Balaban J connectivity index is 0.00000144. The van der Waals surface area contributed by atoms with E-state index in [2.05, 4.69) is 15.0 Å². The van der Waals surface area contributed by atoms with Crippen LogP contribution in [-0.4, -0.2) is 24.1 Å². The van der Waals surface area contributed by atoms with Gasteiger partial charge in [-0.15, -0.1) is 23.7 Å². The molecule has 0 atom stereocenters. The minimum atomic E-state index is 0. The number of nitrogens with zero attached hydrogens (tertiary/aromatic N) is 2. The van der Waals surface area contributed by atoms with Gasteiger partial charge in [-0.25, -0.2) is 4.98 Å². The molecule has 0 aliphatic carbocycles. The van der Waals surface area contributed by atoms with Gasteiger partial charge in [0.15, 0.2) is 17.1 Å². The van der Waals surface area contributed by atoms with Crippen LogP contribution in [-0.2, 0) is 9.63 Å². The summed E-state index contributed by atoms with van der Waals surface area (Å²) in [5, 5.41) is 5.50. The number of hydrogen-bond donors (Lipinski definition) is 1. The van der Waals surface area contributed by atoms with Gasteiger partial charge in [0.25, 0.3) is 0 Å². The maximum absolute atomic E-state index is 10.4. The molecule has 0 amide bonds. The molecule has 0 radical (unpaired) electrons. The van der Waals surface area contributed by atoms with Crippen LogP contribution in [0.3, 0.4) is 0 Å². The van der Waals surface area contributed by atoms with Gasteiger partial charge in [0.1, 0.15) is 12.8 Å². The van der Waals surface area contributed by atoms with E-state index in [4.69, 9.17) is 5.73 Å². The van der Waals surface area contributed by atoms with E-state index in [-0.39, 0.29) is 18.1 Å². The van der Waals surface area contributed by atoms with Crippen LogP contribution < -0.4 is 5.73 Å². The third kappa shape index (κ3) is 3.00. The van der Waals surface area contributed by atoms with Crippen molar-refractivity contribution in [2.75, 3.05) is 12.8 Å². The smallest absolute Gasteiger partial charge is 0.180 e. The first-order valence-electron chi connectivity index (χ1n) is 3.05. The number of thiazole rings is 1. The van der Waals surface area contributed by atoms with Crippen molar-refractivity contribution < 1.29 is 9.63 Å². The Kier molecular flexibility index (Phi) is 5.01. The van der Waals surface area contributed by atoms with E-state index in [9.17, 15) is 4.79 Å². The van der Waals surface area contributed by atoms with Crippen molar-refractivity contribution in [3.05, 3.63) is 11.1 Å². The molecule has 72 valence electrons. The molecule has 1 rings (SSSR count). The standard InChI is InChI=1S/C6H7N3O2S.ClH/c1-11-9-4(2-10)5-3-12-6(7)8-5;/h2-3H,1H3,(H2,7,8);1H/b9-4+;. The summed E-state index contributed by atoms with van der Waals surface area (Å²) in [6.45, 7) is 0. The zero-order valence-corrected chi connectivity index (χ0v) is 8.39. The van der Waals surface area contributed by atoms with Crippen molar-refractivity contribution in [3.8, 4) is 0 Å². The van der Waals surface area contributed by atoms with E-state index in [1.807, 2.05) is 0 Å². The molecule has 0 aliphatic rings. The van der Waals surface area contributed by atoms with Crippen LogP contribution in [0.5, 0.6) is 0 Å². The second-order valence-electron chi connectivity index (χ2n) is 1.85. The molecule has 0 aromatic carbocycles. The zero-order chi connectivity index (χ0) is 8.97. The number of oxime groups is 1. The summed E-state index contributed by atoms with van der Waals surface area (Å²) >= 11 is 1.25. The average molecular weight is 222 g/mol. The lowest BCUT2D eigenvalue weighted by Crippen LogP contribution is -2.03. The zero-order valence-electron chi connectivity index (χ0n) is 6.76. The molecule has 5 nitrogen and oxygen atoms in total. The Morgan fingerprint density at radius 3 is 2.92 bits per heavy atom. The molecular weight excluding hydrogens is 214 g/mol. The van der Waals surface area contributed by atoms with Crippen LogP contribution in [0.2, 0.25) is 0 Å². The molecule has 0 spiro atoms. The molecule has 0 saturated carbocycles. The maximum Gasteiger partial charge on any atom is 0.180 e. The molecule has 0 aliphatic heterocycles. The van der Waals surface area contributed by atoms with Crippen molar-refractivity contribution in [1.82, 2.24) is 4.98 Å². The van der Waals surface area contributed by atoms with E-state index in [1.165, 1.54) is 18.4 Å². The third-order valence-corrected chi connectivity index (χ3v) is 1.76. The van der Waals surface area contributed by atoms with E-state index in [1.54, 1.807) is 5.38 Å². The quantitative estimate of drug-likeness (QED) is 0.463. The van der Waals surface area contributed by atoms with Crippen molar-refractivity contribution in [3.63, 3.8) is 0 Å². The number of carbonyl (C=O) groups excluding carboxylic acids is 1. The van der Waals surface area contributed by atoms with Gasteiger partial charge in [-0.05, 0) is 0 Å². The molecule has 0 saturated heterocycles. The first-order valence-corrected chi connectivity index (χ1v) is 3.93. The van der Waals surface area contributed by atoms with Crippen molar-refractivity contribution in [2.45, 2.75) is 0 Å². The molecule has 7 heteroatoms. The highest BCUT2D eigenvalue weighted by Gasteiger charge is 2.06. The van der Waals surface area contributed by atoms with Crippen LogP contribution in [0.25, 0.3) is 0 Å². The van der Waals surface area contributed by atoms with Crippen LogP contribution >= 0.6 is 23.7 Å². The van der Waals surface area contributed by atoms with Gasteiger partial charge >= 0.3 is 0 Å². The normalized spacial score (nSPS) is 10.4. The largest absolute Gasteiger partial charge is 0.398 e. The highest BCUT2D eigenvalue weighted by Crippen LogP contribution is 2.11. The fourth-order valence-electron chi connectivity index (χ4n) is 0.632. The lowest BCUT2D eigenvalue weighted by molar-refractivity contribution is -0.102. The molecule has 1 aromatic heterocycles. The topological polar surface area (TPSA) is 77.6 Å². The summed E-state index contributed by atoms with van der Waals surface area (Å²) in [7, 11) is 1.36. The van der Waals surface area contributed by atoms with E-state index in [0.29, 0.717) is 17.1 Å². The summed E-state index contributed by atoms with van der Waals surface area (Å²) < 4.78 is 0. The lowest BCUT2D eigenvalue weighted by atomic mass is 10.3. The predicted molar refractivity (Wildman–Crippen MR) is 53.4 cm³/mol. The molecule has 0 unspecified atom stereocenters. The minimum absolute atomic E-state index is 0. The number of carbonyl (C=O) groups is 1. The first kappa shape index (κ1) is 11.9. The van der Waals surface area contributed by atoms with Crippen molar-refractivity contribution in [1.29, 1.82) is 0 Å². The van der Waals surface area contributed by atoms with E-state index in [0.717, 1.165) is 0 Å². The van der Waals surface area contributed by atoms with Crippen LogP contribution in [0.4, 0.5) is 5.13 Å². The van der Waals surface area contributed by atoms with E-state index >= 15 is 0 Å². The Morgan fingerprint density at radius 1 is 1.85 bits per heavy atom.